The normalized spacial score (nSPS) is 17.1. The molecule has 0 atom stereocenters. The van der Waals surface area contributed by atoms with E-state index in [1.165, 1.54) is 10.6 Å². The van der Waals surface area contributed by atoms with Crippen molar-refractivity contribution in [1.29, 1.82) is 0 Å². The van der Waals surface area contributed by atoms with E-state index in [4.69, 9.17) is 4.74 Å². The third-order valence-corrected chi connectivity index (χ3v) is 5.86. The Kier molecular flexibility index (Phi) is 12.2. The predicted molar refractivity (Wildman–Crippen MR) is 118 cm³/mol. The van der Waals surface area contributed by atoms with Gasteiger partial charge in [-0.05, 0) is 20.3 Å². The second-order valence-corrected chi connectivity index (χ2v) is 8.86. The Hall–Kier alpha value is -0.170. The predicted octanol–water partition coefficient (Wildman–Crippen LogP) is 0.552. The summed E-state index contributed by atoms with van der Waals surface area (Å²) in [4.78, 5) is 6.66. The van der Waals surface area contributed by atoms with E-state index >= 15 is 0 Å². The first-order valence-corrected chi connectivity index (χ1v) is 10.8. The highest BCUT2D eigenvalue weighted by Gasteiger charge is 2.28. The minimum absolute atomic E-state index is 0. The van der Waals surface area contributed by atoms with Crippen LogP contribution in [0.2, 0.25) is 0 Å². The number of guanidine groups is 1. The highest BCUT2D eigenvalue weighted by molar-refractivity contribution is 14.0. The van der Waals surface area contributed by atoms with Crippen molar-refractivity contribution in [1.82, 2.24) is 19.8 Å². The van der Waals surface area contributed by atoms with Crippen LogP contribution in [0, 0.1) is 0 Å². The van der Waals surface area contributed by atoms with Crippen LogP contribution in [-0.2, 0) is 14.8 Å². The van der Waals surface area contributed by atoms with Crippen molar-refractivity contribution in [3.05, 3.63) is 0 Å². The van der Waals surface area contributed by atoms with Gasteiger partial charge in [-0.1, -0.05) is 6.92 Å². The number of hydrogen-bond donors (Lipinski definition) is 2. The van der Waals surface area contributed by atoms with Gasteiger partial charge < -0.3 is 15.4 Å². The summed E-state index contributed by atoms with van der Waals surface area (Å²) < 4.78 is 30.0. The van der Waals surface area contributed by atoms with Gasteiger partial charge >= 0.3 is 0 Å². The molecule has 0 bridgehead atoms. The van der Waals surface area contributed by atoms with E-state index in [-0.39, 0.29) is 29.5 Å². The number of aliphatic imine (C=N–C) groups is 1. The van der Waals surface area contributed by atoms with Crippen molar-refractivity contribution in [2.45, 2.75) is 32.7 Å². The summed E-state index contributed by atoms with van der Waals surface area (Å²) in [6.45, 7) is 12.2. The molecule has 0 aliphatic carbocycles. The quantitative estimate of drug-likeness (QED) is 0.206. The van der Waals surface area contributed by atoms with E-state index in [0.717, 1.165) is 45.2 Å². The lowest BCUT2D eigenvalue weighted by molar-refractivity contribution is -0.00833. The molecule has 8 nitrogen and oxygen atoms in total. The molecule has 2 N–H and O–H groups in total. The molecule has 0 aromatic heterocycles. The largest absolute Gasteiger partial charge is 0.379 e. The van der Waals surface area contributed by atoms with Crippen molar-refractivity contribution in [3.63, 3.8) is 0 Å². The van der Waals surface area contributed by atoms with Crippen molar-refractivity contribution < 1.29 is 13.2 Å². The number of halogens is 1. The van der Waals surface area contributed by atoms with Crippen LogP contribution < -0.4 is 10.6 Å². The summed E-state index contributed by atoms with van der Waals surface area (Å²) in [5, 5.41) is 6.61. The zero-order chi connectivity index (χ0) is 18.9. The second-order valence-electron chi connectivity index (χ2n) is 6.87. The molecule has 1 saturated heterocycles. The third-order valence-electron chi connectivity index (χ3n) is 4.48. The average molecular weight is 505 g/mol. The molecule has 1 heterocycles. The average Bonchev–Trinajstić information content (AvgIpc) is 2.57. The maximum Gasteiger partial charge on any atom is 0.211 e. The molecular weight excluding hydrogens is 469 g/mol. The van der Waals surface area contributed by atoms with E-state index < -0.39 is 10.0 Å². The summed E-state index contributed by atoms with van der Waals surface area (Å²) in [5.41, 5.74) is 0.0106. The Morgan fingerprint density at radius 1 is 1.27 bits per heavy atom. The number of morpholine rings is 1. The van der Waals surface area contributed by atoms with E-state index in [0.29, 0.717) is 19.6 Å². The molecule has 0 spiro atoms. The molecule has 0 aromatic carbocycles. The van der Waals surface area contributed by atoms with Crippen LogP contribution >= 0.6 is 24.0 Å². The van der Waals surface area contributed by atoms with Gasteiger partial charge in [-0.25, -0.2) is 12.7 Å². The molecule has 1 fully saturated rings. The first-order valence-electron chi connectivity index (χ1n) is 8.93. The first kappa shape index (κ1) is 25.8. The van der Waals surface area contributed by atoms with Gasteiger partial charge in [-0.3, -0.25) is 9.89 Å². The minimum Gasteiger partial charge on any atom is -0.379 e. The highest BCUT2D eigenvalue weighted by Crippen LogP contribution is 2.14. The Labute approximate surface area is 176 Å². The second kappa shape index (κ2) is 12.3. The zero-order valence-electron chi connectivity index (χ0n) is 16.7. The van der Waals surface area contributed by atoms with Crippen LogP contribution in [0.3, 0.4) is 0 Å². The minimum atomic E-state index is -3.12. The van der Waals surface area contributed by atoms with Crippen LogP contribution in [-0.4, -0.2) is 94.9 Å². The van der Waals surface area contributed by atoms with Crippen LogP contribution in [0.25, 0.3) is 0 Å². The van der Waals surface area contributed by atoms with Crippen LogP contribution in [0.4, 0.5) is 0 Å². The fraction of sp³-hybridized carbons (Fsp3) is 0.938. The summed E-state index contributed by atoms with van der Waals surface area (Å²) >= 11 is 0. The van der Waals surface area contributed by atoms with Crippen LogP contribution in [0.15, 0.2) is 4.99 Å². The summed E-state index contributed by atoms with van der Waals surface area (Å²) in [7, 11) is -1.38. The van der Waals surface area contributed by atoms with Crippen LogP contribution in [0.5, 0.6) is 0 Å². The molecule has 1 aliphatic rings. The molecule has 1 aliphatic heterocycles. The molecular formula is C16H36IN5O3S. The first-order chi connectivity index (χ1) is 11.7. The molecule has 0 saturated carbocycles. The number of rotatable bonds is 9. The Morgan fingerprint density at radius 3 is 2.38 bits per heavy atom. The molecule has 156 valence electrons. The van der Waals surface area contributed by atoms with E-state index in [9.17, 15) is 8.42 Å². The number of sulfonamides is 1. The standard InChI is InChI=1S/C16H35N5O3S.HI/c1-6-21(25(5,22)23)9-7-8-18-15(17-4)19-14-16(2,3)20-10-12-24-13-11-20;/h6-14H2,1-5H3,(H2,17,18,19);1H. The molecule has 10 heteroatoms. The van der Waals surface area contributed by atoms with Gasteiger partial charge in [-0.2, -0.15) is 0 Å². The monoisotopic (exact) mass is 505 g/mol. The number of nitrogens with zero attached hydrogens (tertiary/aromatic N) is 3. The van der Waals surface area contributed by atoms with Gasteiger partial charge in [0.25, 0.3) is 0 Å². The van der Waals surface area contributed by atoms with Crippen LogP contribution in [0.1, 0.15) is 27.2 Å². The molecule has 26 heavy (non-hydrogen) atoms. The smallest absolute Gasteiger partial charge is 0.211 e. The summed E-state index contributed by atoms with van der Waals surface area (Å²) in [5.74, 6) is 0.740. The number of ether oxygens (including phenoxy) is 1. The lowest BCUT2D eigenvalue weighted by Gasteiger charge is -2.41. The molecule has 0 radical (unpaired) electrons. The Bertz CT molecular complexity index is 522. The highest BCUT2D eigenvalue weighted by atomic mass is 127. The van der Waals surface area contributed by atoms with E-state index in [1.54, 1.807) is 7.05 Å². The zero-order valence-corrected chi connectivity index (χ0v) is 19.9. The van der Waals surface area contributed by atoms with Gasteiger partial charge in [0, 0.05) is 51.9 Å². The lowest BCUT2D eigenvalue weighted by Crippen LogP contribution is -2.56. The number of nitrogens with one attached hydrogen (secondary N) is 2. The maximum atomic E-state index is 11.6. The molecule has 0 unspecified atom stereocenters. The van der Waals surface area contributed by atoms with Gasteiger partial charge in [0.1, 0.15) is 0 Å². The molecule has 0 aromatic rings. The fourth-order valence-electron chi connectivity index (χ4n) is 2.82. The van der Waals surface area contributed by atoms with Crippen molar-refractivity contribution in [3.8, 4) is 0 Å². The van der Waals surface area contributed by atoms with E-state index in [1.807, 2.05) is 6.92 Å². The summed E-state index contributed by atoms with van der Waals surface area (Å²) in [6, 6.07) is 0. The lowest BCUT2D eigenvalue weighted by atomic mass is 10.0. The Balaban J connectivity index is 0.00000625. The van der Waals surface area contributed by atoms with Crippen molar-refractivity contribution in [2.75, 3.05) is 65.8 Å². The maximum absolute atomic E-state index is 11.6. The summed E-state index contributed by atoms with van der Waals surface area (Å²) in [6.07, 6.45) is 1.98. The van der Waals surface area contributed by atoms with E-state index in [2.05, 4.69) is 34.4 Å². The Morgan fingerprint density at radius 2 is 1.88 bits per heavy atom. The van der Waals surface area contributed by atoms with Gasteiger partial charge in [0.2, 0.25) is 10.0 Å². The van der Waals surface area contributed by atoms with Crippen molar-refractivity contribution in [2.24, 2.45) is 4.99 Å². The molecule has 1 rings (SSSR count). The SMILES string of the molecule is CCN(CCCNC(=NC)NCC(C)(C)N1CCOCC1)S(C)(=O)=O.I. The number of hydrogen-bond acceptors (Lipinski definition) is 5. The van der Waals surface area contributed by atoms with Gasteiger partial charge in [0.15, 0.2) is 5.96 Å². The molecule has 0 amide bonds. The van der Waals surface area contributed by atoms with Gasteiger partial charge in [-0.15, -0.1) is 24.0 Å². The van der Waals surface area contributed by atoms with Gasteiger partial charge in [0.05, 0.1) is 19.5 Å². The topological polar surface area (TPSA) is 86.3 Å². The van der Waals surface area contributed by atoms with Crippen molar-refractivity contribution >= 4 is 40.0 Å². The third kappa shape index (κ3) is 9.16. The fourth-order valence-corrected chi connectivity index (χ4v) is 3.75.